The quantitative estimate of drug-likeness (QED) is 0.668. The highest BCUT2D eigenvalue weighted by Gasteiger charge is 2.23. The number of carbonyl (C=O) groups excluding carboxylic acids is 1. The van der Waals surface area contributed by atoms with E-state index < -0.39 is 0 Å². The standard InChI is InChI=1S/C13H20N4O4/c1-21-11-2-4-16(8-11)10-6-13(20)17(15-7-10)9-12(19)14-3-5-18/h6-7,11,18H,2-5,8-9H2,1H3,(H,14,19). The Bertz CT molecular complexity index is 545. The van der Waals surface area contributed by atoms with E-state index in [9.17, 15) is 9.59 Å². The van der Waals surface area contributed by atoms with E-state index in [-0.39, 0.29) is 37.3 Å². The second-order valence-electron chi connectivity index (χ2n) is 4.88. The molecule has 1 atom stereocenters. The number of aliphatic hydroxyl groups is 1. The van der Waals surface area contributed by atoms with E-state index in [1.54, 1.807) is 13.3 Å². The molecule has 1 aromatic rings. The van der Waals surface area contributed by atoms with Crippen molar-refractivity contribution >= 4 is 11.6 Å². The number of rotatable bonds is 6. The molecule has 2 rings (SSSR count). The maximum absolute atomic E-state index is 12.0. The summed E-state index contributed by atoms with van der Waals surface area (Å²) in [5.41, 5.74) is 0.416. The summed E-state index contributed by atoms with van der Waals surface area (Å²) < 4.78 is 6.39. The third-order valence-corrected chi connectivity index (χ3v) is 3.43. The van der Waals surface area contributed by atoms with Crippen LogP contribution in [0.25, 0.3) is 0 Å². The number of amides is 1. The highest BCUT2D eigenvalue weighted by atomic mass is 16.5. The molecule has 8 nitrogen and oxygen atoms in total. The summed E-state index contributed by atoms with van der Waals surface area (Å²) in [6, 6.07) is 1.48. The van der Waals surface area contributed by atoms with Crippen LogP contribution in [0.1, 0.15) is 6.42 Å². The van der Waals surface area contributed by atoms with Gasteiger partial charge in [0.05, 0.1) is 24.6 Å². The first kappa shape index (κ1) is 15.5. The molecular weight excluding hydrogens is 276 g/mol. The molecule has 2 heterocycles. The molecule has 1 aromatic heterocycles. The first-order valence-corrected chi connectivity index (χ1v) is 6.86. The van der Waals surface area contributed by atoms with Crippen molar-refractivity contribution in [3.05, 3.63) is 22.6 Å². The Balaban J connectivity index is 2.01. The average Bonchev–Trinajstić information content (AvgIpc) is 2.96. The number of hydrogen-bond acceptors (Lipinski definition) is 6. The molecule has 2 N–H and O–H groups in total. The van der Waals surface area contributed by atoms with Crippen LogP contribution in [0.15, 0.2) is 17.1 Å². The normalized spacial score (nSPS) is 18.0. The molecule has 1 amide bonds. The van der Waals surface area contributed by atoms with Gasteiger partial charge in [-0.3, -0.25) is 9.59 Å². The maximum Gasteiger partial charge on any atom is 0.269 e. The SMILES string of the molecule is COC1CCN(c2cnn(CC(=O)NCCO)c(=O)c2)C1. The predicted octanol–water partition coefficient (Wildman–Crippen LogP) is -1.42. The van der Waals surface area contributed by atoms with Crippen molar-refractivity contribution < 1.29 is 14.6 Å². The molecule has 1 saturated heterocycles. The Morgan fingerprint density at radius 2 is 2.43 bits per heavy atom. The lowest BCUT2D eigenvalue weighted by atomic mass is 10.3. The minimum Gasteiger partial charge on any atom is -0.395 e. The van der Waals surface area contributed by atoms with Crippen molar-refractivity contribution in [2.75, 3.05) is 38.3 Å². The zero-order valence-corrected chi connectivity index (χ0v) is 12.0. The Labute approximate surface area is 122 Å². The van der Waals surface area contributed by atoms with Crippen molar-refractivity contribution in [2.45, 2.75) is 19.1 Å². The largest absolute Gasteiger partial charge is 0.395 e. The van der Waals surface area contributed by atoms with Crippen molar-refractivity contribution in [3.8, 4) is 0 Å². The zero-order valence-electron chi connectivity index (χ0n) is 12.0. The minimum absolute atomic E-state index is 0.136. The Kier molecular flexibility index (Phi) is 5.29. The van der Waals surface area contributed by atoms with E-state index >= 15 is 0 Å². The molecule has 1 unspecified atom stereocenters. The number of hydrogen-bond donors (Lipinski definition) is 2. The van der Waals surface area contributed by atoms with Crippen LogP contribution in [-0.2, 0) is 16.1 Å². The fourth-order valence-electron chi connectivity index (χ4n) is 2.26. The highest BCUT2D eigenvalue weighted by Crippen LogP contribution is 2.19. The number of ether oxygens (including phenoxy) is 1. The summed E-state index contributed by atoms with van der Waals surface area (Å²) in [4.78, 5) is 25.5. The summed E-state index contributed by atoms with van der Waals surface area (Å²) in [6.45, 7) is 1.43. The lowest BCUT2D eigenvalue weighted by Crippen LogP contribution is -2.35. The van der Waals surface area contributed by atoms with Crippen LogP contribution in [-0.4, -0.2) is 60.2 Å². The Morgan fingerprint density at radius 3 is 3.05 bits per heavy atom. The molecular formula is C13H20N4O4. The van der Waals surface area contributed by atoms with Crippen LogP contribution in [0.5, 0.6) is 0 Å². The van der Waals surface area contributed by atoms with Gasteiger partial charge in [-0.2, -0.15) is 5.10 Å². The Morgan fingerprint density at radius 1 is 1.62 bits per heavy atom. The van der Waals surface area contributed by atoms with Gasteiger partial charge < -0.3 is 20.1 Å². The van der Waals surface area contributed by atoms with E-state index in [2.05, 4.69) is 10.4 Å². The summed E-state index contributed by atoms with van der Waals surface area (Å²) >= 11 is 0. The molecule has 1 fully saturated rings. The van der Waals surface area contributed by atoms with Crippen LogP contribution >= 0.6 is 0 Å². The van der Waals surface area contributed by atoms with E-state index in [0.717, 1.165) is 29.9 Å². The zero-order chi connectivity index (χ0) is 15.2. The van der Waals surface area contributed by atoms with Crippen LogP contribution in [0.3, 0.4) is 0 Å². The van der Waals surface area contributed by atoms with Crippen molar-refractivity contribution in [3.63, 3.8) is 0 Å². The van der Waals surface area contributed by atoms with E-state index in [4.69, 9.17) is 9.84 Å². The molecule has 0 aliphatic carbocycles. The van der Waals surface area contributed by atoms with Crippen LogP contribution in [0, 0.1) is 0 Å². The molecule has 8 heteroatoms. The number of aliphatic hydroxyl groups excluding tert-OH is 1. The molecule has 1 aliphatic heterocycles. The van der Waals surface area contributed by atoms with E-state index in [1.165, 1.54) is 6.07 Å². The van der Waals surface area contributed by atoms with Gasteiger partial charge in [-0.25, -0.2) is 4.68 Å². The molecule has 1 aliphatic rings. The fraction of sp³-hybridized carbons (Fsp3) is 0.615. The third kappa shape index (κ3) is 4.02. The smallest absolute Gasteiger partial charge is 0.269 e. The van der Waals surface area contributed by atoms with Crippen LogP contribution in [0.4, 0.5) is 5.69 Å². The first-order valence-electron chi connectivity index (χ1n) is 6.86. The molecule has 0 saturated carbocycles. The molecule has 116 valence electrons. The van der Waals surface area contributed by atoms with Crippen molar-refractivity contribution in [1.82, 2.24) is 15.1 Å². The molecule has 0 bridgehead atoms. The minimum atomic E-state index is -0.355. The second kappa shape index (κ2) is 7.19. The van der Waals surface area contributed by atoms with Gasteiger partial charge in [0.1, 0.15) is 6.54 Å². The topological polar surface area (TPSA) is 96.7 Å². The van der Waals surface area contributed by atoms with E-state index in [1.807, 2.05) is 4.90 Å². The monoisotopic (exact) mass is 296 g/mol. The van der Waals surface area contributed by atoms with Crippen molar-refractivity contribution in [2.24, 2.45) is 0 Å². The number of methoxy groups -OCH3 is 1. The maximum atomic E-state index is 12.0. The summed E-state index contributed by atoms with van der Waals surface area (Å²) in [5, 5.41) is 15.1. The second-order valence-corrected chi connectivity index (χ2v) is 4.88. The first-order chi connectivity index (χ1) is 10.1. The third-order valence-electron chi connectivity index (χ3n) is 3.43. The van der Waals surface area contributed by atoms with Crippen molar-refractivity contribution in [1.29, 1.82) is 0 Å². The number of nitrogens with one attached hydrogen (secondary N) is 1. The van der Waals surface area contributed by atoms with Crippen LogP contribution in [0.2, 0.25) is 0 Å². The Hall–Kier alpha value is -1.93. The number of carbonyl (C=O) groups is 1. The highest BCUT2D eigenvalue weighted by molar-refractivity contribution is 5.75. The van der Waals surface area contributed by atoms with Gasteiger partial charge in [0, 0.05) is 32.8 Å². The summed E-state index contributed by atoms with van der Waals surface area (Å²) in [6.07, 6.45) is 2.68. The summed E-state index contributed by atoms with van der Waals surface area (Å²) in [7, 11) is 1.68. The van der Waals surface area contributed by atoms with Gasteiger partial charge in [0.15, 0.2) is 0 Å². The van der Waals surface area contributed by atoms with Crippen LogP contribution < -0.4 is 15.8 Å². The lowest BCUT2D eigenvalue weighted by molar-refractivity contribution is -0.122. The van der Waals surface area contributed by atoms with Gasteiger partial charge in [0.2, 0.25) is 5.91 Å². The number of anilines is 1. The summed E-state index contributed by atoms with van der Waals surface area (Å²) in [5.74, 6) is -0.355. The number of nitrogens with zero attached hydrogens (tertiary/aromatic N) is 3. The van der Waals surface area contributed by atoms with Gasteiger partial charge in [-0.1, -0.05) is 0 Å². The molecule has 0 aromatic carbocycles. The number of aromatic nitrogens is 2. The van der Waals surface area contributed by atoms with Gasteiger partial charge in [-0.15, -0.1) is 0 Å². The fourth-order valence-corrected chi connectivity index (χ4v) is 2.26. The molecule has 21 heavy (non-hydrogen) atoms. The van der Waals surface area contributed by atoms with E-state index in [0.29, 0.717) is 0 Å². The average molecular weight is 296 g/mol. The molecule has 0 radical (unpaired) electrons. The van der Waals surface area contributed by atoms with Gasteiger partial charge in [-0.05, 0) is 6.42 Å². The molecule has 0 spiro atoms. The van der Waals surface area contributed by atoms with Gasteiger partial charge >= 0.3 is 0 Å². The lowest BCUT2D eigenvalue weighted by Gasteiger charge is -2.18. The predicted molar refractivity (Wildman–Crippen MR) is 76.2 cm³/mol. The van der Waals surface area contributed by atoms with Gasteiger partial charge in [0.25, 0.3) is 5.56 Å².